The normalized spacial score (nSPS) is 10.5. The standard InChI is InChI=1S/C15H14BrClFNO2/c1-20-13-6-11(17)5-10(7-19)15(13)21-8-9-3-2-4-12(18)14(9)16/h2-6H,7-8,19H2,1H3. The highest BCUT2D eigenvalue weighted by molar-refractivity contribution is 9.10. The lowest BCUT2D eigenvalue weighted by Gasteiger charge is -2.15. The highest BCUT2D eigenvalue weighted by Crippen LogP contribution is 2.35. The molecule has 0 saturated carbocycles. The van der Waals surface area contributed by atoms with Gasteiger partial charge in [0.1, 0.15) is 12.4 Å². The van der Waals surface area contributed by atoms with Crippen LogP contribution in [0.3, 0.4) is 0 Å². The highest BCUT2D eigenvalue weighted by atomic mass is 79.9. The predicted octanol–water partition coefficient (Wildman–Crippen LogP) is 4.29. The second-order valence-electron chi connectivity index (χ2n) is 4.30. The Hall–Kier alpha value is -1.30. The largest absolute Gasteiger partial charge is 0.493 e. The molecule has 2 aromatic carbocycles. The maximum Gasteiger partial charge on any atom is 0.166 e. The van der Waals surface area contributed by atoms with E-state index in [1.165, 1.54) is 13.2 Å². The summed E-state index contributed by atoms with van der Waals surface area (Å²) in [6, 6.07) is 8.15. The van der Waals surface area contributed by atoms with Crippen molar-refractivity contribution in [3.05, 3.63) is 56.8 Å². The fourth-order valence-electron chi connectivity index (χ4n) is 1.90. The van der Waals surface area contributed by atoms with E-state index in [0.29, 0.717) is 26.6 Å². The lowest BCUT2D eigenvalue weighted by molar-refractivity contribution is 0.280. The number of hydrogen-bond donors (Lipinski definition) is 1. The van der Waals surface area contributed by atoms with Crippen LogP contribution in [0.2, 0.25) is 5.02 Å². The Morgan fingerprint density at radius 1 is 1.29 bits per heavy atom. The molecular formula is C15H14BrClFNO2. The van der Waals surface area contributed by atoms with Crippen molar-refractivity contribution in [2.75, 3.05) is 7.11 Å². The van der Waals surface area contributed by atoms with E-state index >= 15 is 0 Å². The fourth-order valence-corrected chi connectivity index (χ4v) is 2.51. The van der Waals surface area contributed by atoms with Gasteiger partial charge in [-0.15, -0.1) is 0 Å². The summed E-state index contributed by atoms with van der Waals surface area (Å²) >= 11 is 9.20. The molecule has 0 aromatic heterocycles. The second-order valence-corrected chi connectivity index (χ2v) is 5.53. The fraction of sp³-hybridized carbons (Fsp3) is 0.200. The van der Waals surface area contributed by atoms with Gasteiger partial charge in [-0.3, -0.25) is 0 Å². The SMILES string of the molecule is COc1cc(Cl)cc(CN)c1OCc1cccc(F)c1Br. The molecule has 112 valence electrons. The Balaban J connectivity index is 2.29. The molecule has 0 aliphatic carbocycles. The first-order valence-electron chi connectivity index (χ1n) is 6.19. The van der Waals surface area contributed by atoms with Crippen LogP contribution in [0.15, 0.2) is 34.8 Å². The molecule has 2 rings (SSSR count). The lowest BCUT2D eigenvalue weighted by atomic mass is 10.2. The summed E-state index contributed by atoms with van der Waals surface area (Å²) in [5.41, 5.74) is 7.12. The first-order chi connectivity index (χ1) is 10.1. The Morgan fingerprint density at radius 3 is 2.71 bits per heavy atom. The summed E-state index contributed by atoms with van der Waals surface area (Å²) in [7, 11) is 1.52. The van der Waals surface area contributed by atoms with Gasteiger partial charge in [0.2, 0.25) is 0 Å². The van der Waals surface area contributed by atoms with E-state index in [0.717, 1.165) is 5.56 Å². The molecule has 2 N–H and O–H groups in total. The summed E-state index contributed by atoms with van der Waals surface area (Å²) in [6.45, 7) is 0.444. The van der Waals surface area contributed by atoms with Gasteiger partial charge in [-0.2, -0.15) is 0 Å². The zero-order valence-electron chi connectivity index (χ0n) is 11.3. The molecule has 0 saturated heterocycles. The second kappa shape index (κ2) is 7.11. The van der Waals surface area contributed by atoms with Crippen LogP contribution in [-0.4, -0.2) is 7.11 Å². The van der Waals surface area contributed by atoms with Gasteiger partial charge in [-0.05, 0) is 28.1 Å². The average molecular weight is 375 g/mol. The zero-order valence-corrected chi connectivity index (χ0v) is 13.7. The molecule has 0 amide bonds. The molecule has 2 aromatic rings. The molecule has 0 fully saturated rings. The third-order valence-electron chi connectivity index (χ3n) is 2.94. The van der Waals surface area contributed by atoms with Gasteiger partial charge in [-0.1, -0.05) is 23.7 Å². The Labute approximate surface area is 135 Å². The van der Waals surface area contributed by atoms with Gasteiger partial charge in [-0.25, -0.2) is 4.39 Å². The summed E-state index contributed by atoms with van der Waals surface area (Å²) < 4.78 is 24.9. The highest BCUT2D eigenvalue weighted by Gasteiger charge is 2.13. The van der Waals surface area contributed by atoms with Crippen molar-refractivity contribution < 1.29 is 13.9 Å². The van der Waals surface area contributed by atoms with E-state index in [1.54, 1.807) is 24.3 Å². The van der Waals surface area contributed by atoms with Crippen LogP contribution in [0.1, 0.15) is 11.1 Å². The van der Waals surface area contributed by atoms with Crippen LogP contribution < -0.4 is 15.2 Å². The smallest absolute Gasteiger partial charge is 0.166 e. The summed E-state index contributed by atoms with van der Waals surface area (Å²) in [6.07, 6.45) is 0. The van der Waals surface area contributed by atoms with Gasteiger partial charge in [0.25, 0.3) is 0 Å². The van der Waals surface area contributed by atoms with Gasteiger partial charge >= 0.3 is 0 Å². The maximum absolute atomic E-state index is 13.5. The van der Waals surface area contributed by atoms with Gasteiger partial charge in [0.15, 0.2) is 11.5 Å². The molecule has 3 nitrogen and oxygen atoms in total. The zero-order chi connectivity index (χ0) is 15.4. The average Bonchev–Trinajstić information content (AvgIpc) is 2.48. The Kier molecular flexibility index (Phi) is 5.45. The number of benzene rings is 2. The molecule has 0 atom stereocenters. The molecule has 0 bridgehead atoms. The van der Waals surface area contributed by atoms with E-state index in [9.17, 15) is 4.39 Å². The molecule has 0 spiro atoms. The first kappa shape index (κ1) is 16.1. The summed E-state index contributed by atoms with van der Waals surface area (Å²) in [4.78, 5) is 0. The minimum absolute atomic E-state index is 0.184. The maximum atomic E-state index is 13.5. The first-order valence-corrected chi connectivity index (χ1v) is 7.36. The van der Waals surface area contributed by atoms with Gasteiger partial charge in [0.05, 0.1) is 11.6 Å². The minimum atomic E-state index is -0.335. The quantitative estimate of drug-likeness (QED) is 0.849. The molecule has 0 radical (unpaired) electrons. The predicted molar refractivity (Wildman–Crippen MR) is 84.3 cm³/mol. The van der Waals surface area contributed by atoms with Crippen molar-refractivity contribution in [1.82, 2.24) is 0 Å². The van der Waals surface area contributed by atoms with Gasteiger partial charge < -0.3 is 15.2 Å². The van der Waals surface area contributed by atoms with Crippen molar-refractivity contribution in [2.24, 2.45) is 5.73 Å². The number of nitrogens with two attached hydrogens (primary N) is 1. The van der Waals surface area contributed by atoms with E-state index in [2.05, 4.69) is 15.9 Å². The summed E-state index contributed by atoms with van der Waals surface area (Å²) in [5.74, 6) is 0.675. The number of rotatable bonds is 5. The van der Waals surface area contributed by atoms with Crippen LogP contribution >= 0.6 is 27.5 Å². The van der Waals surface area contributed by atoms with Crippen molar-refractivity contribution in [3.63, 3.8) is 0 Å². The third kappa shape index (κ3) is 3.67. The van der Waals surface area contributed by atoms with Crippen LogP contribution in [-0.2, 0) is 13.2 Å². The summed E-state index contributed by atoms with van der Waals surface area (Å²) in [5, 5.41) is 0.520. The third-order valence-corrected chi connectivity index (χ3v) is 4.05. The molecular weight excluding hydrogens is 361 g/mol. The van der Waals surface area contributed by atoms with Gasteiger partial charge in [0, 0.05) is 28.8 Å². The molecule has 6 heteroatoms. The van der Waals surface area contributed by atoms with Crippen molar-refractivity contribution in [1.29, 1.82) is 0 Å². The van der Waals surface area contributed by atoms with Crippen LogP contribution in [0.4, 0.5) is 4.39 Å². The van der Waals surface area contributed by atoms with Crippen molar-refractivity contribution >= 4 is 27.5 Å². The Morgan fingerprint density at radius 2 is 2.05 bits per heavy atom. The minimum Gasteiger partial charge on any atom is -0.493 e. The molecule has 0 heterocycles. The molecule has 0 unspecified atom stereocenters. The van der Waals surface area contributed by atoms with E-state index in [4.69, 9.17) is 26.8 Å². The van der Waals surface area contributed by atoms with Crippen molar-refractivity contribution in [2.45, 2.75) is 13.2 Å². The molecule has 21 heavy (non-hydrogen) atoms. The van der Waals surface area contributed by atoms with E-state index in [-0.39, 0.29) is 19.0 Å². The molecule has 0 aliphatic rings. The van der Waals surface area contributed by atoms with Crippen LogP contribution in [0, 0.1) is 5.82 Å². The number of hydrogen-bond acceptors (Lipinski definition) is 3. The number of methoxy groups -OCH3 is 1. The monoisotopic (exact) mass is 373 g/mol. The molecule has 0 aliphatic heterocycles. The van der Waals surface area contributed by atoms with Crippen LogP contribution in [0.25, 0.3) is 0 Å². The number of halogens is 3. The Bertz CT molecular complexity index is 627. The topological polar surface area (TPSA) is 44.5 Å². The van der Waals surface area contributed by atoms with E-state index in [1.807, 2.05) is 0 Å². The van der Waals surface area contributed by atoms with E-state index < -0.39 is 0 Å². The lowest BCUT2D eigenvalue weighted by Crippen LogP contribution is -2.05. The van der Waals surface area contributed by atoms with Crippen molar-refractivity contribution in [3.8, 4) is 11.5 Å². The number of ether oxygens (including phenoxy) is 2. The van der Waals surface area contributed by atoms with Crippen LogP contribution in [0.5, 0.6) is 11.5 Å².